The highest BCUT2D eigenvalue weighted by atomic mass is 28.3. The van der Waals surface area contributed by atoms with E-state index in [0.29, 0.717) is 6.61 Å². The van der Waals surface area contributed by atoms with Gasteiger partial charge in [0.15, 0.2) is 0 Å². The Bertz CT molecular complexity index is 292. The first-order valence-electron chi connectivity index (χ1n) is 6.82. The van der Waals surface area contributed by atoms with Gasteiger partial charge in [-0.05, 0) is 38.7 Å². The molecule has 0 aromatic heterocycles. The molecule has 0 heterocycles. The van der Waals surface area contributed by atoms with Gasteiger partial charge in [-0.2, -0.15) is 0 Å². The topological polar surface area (TPSA) is 26.3 Å². The Kier molecular flexibility index (Phi) is 5.44. The first kappa shape index (κ1) is 14.5. The molecule has 1 saturated carbocycles. The van der Waals surface area contributed by atoms with E-state index in [0.717, 1.165) is 24.5 Å². The molecule has 98 valence electrons. The van der Waals surface area contributed by atoms with Crippen LogP contribution < -0.4 is 0 Å². The van der Waals surface area contributed by atoms with Crippen LogP contribution in [0.25, 0.3) is 0 Å². The summed E-state index contributed by atoms with van der Waals surface area (Å²) >= 11 is 0. The fourth-order valence-electron chi connectivity index (χ4n) is 2.37. The summed E-state index contributed by atoms with van der Waals surface area (Å²) in [4.78, 5) is 12.1. The SMILES string of the molecule is CCOC(=O)C(C[Si](C)(C)C)=C1CCCCC1. The molecule has 0 bridgehead atoms. The highest BCUT2D eigenvalue weighted by molar-refractivity contribution is 6.77. The van der Waals surface area contributed by atoms with Crippen LogP contribution in [0.4, 0.5) is 0 Å². The number of carbonyl (C=O) groups excluding carboxylic acids is 1. The molecule has 0 radical (unpaired) electrons. The number of allylic oxidation sites excluding steroid dienone is 1. The van der Waals surface area contributed by atoms with Crippen LogP contribution in [-0.2, 0) is 9.53 Å². The summed E-state index contributed by atoms with van der Waals surface area (Å²) < 4.78 is 5.23. The molecule has 1 aliphatic rings. The summed E-state index contributed by atoms with van der Waals surface area (Å²) in [5.74, 6) is -0.0492. The molecule has 0 N–H and O–H groups in total. The third-order valence-corrected chi connectivity index (χ3v) is 4.53. The Labute approximate surface area is 106 Å². The summed E-state index contributed by atoms with van der Waals surface area (Å²) in [5.41, 5.74) is 2.41. The molecule has 0 saturated heterocycles. The van der Waals surface area contributed by atoms with Crippen molar-refractivity contribution in [2.45, 2.75) is 64.7 Å². The first-order valence-corrected chi connectivity index (χ1v) is 10.5. The van der Waals surface area contributed by atoms with Gasteiger partial charge in [0.2, 0.25) is 0 Å². The van der Waals surface area contributed by atoms with E-state index in [4.69, 9.17) is 4.74 Å². The third-order valence-electron chi connectivity index (χ3n) is 3.11. The first-order chi connectivity index (χ1) is 7.94. The highest BCUT2D eigenvalue weighted by Crippen LogP contribution is 2.30. The molecule has 0 atom stereocenters. The molecule has 3 heteroatoms. The zero-order valence-corrected chi connectivity index (χ0v) is 12.8. The molecule has 1 fully saturated rings. The van der Waals surface area contributed by atoms with Gasteiger partial charge in [-0.1, -0.05) is 31.6 Å². The van der Waals surface area contributed by atoms with Crippen molar-refractivity contribution in [3.63, 3.8) is 0 Å². The fraction of sp³-hybridized carbons (Fsp3) is 0.786. The van der Waals surface area contributed by atoms with Crippen molar-refractivity contribution in [1.82, 2.24) is 0 Å². The minimum absolute atomic E-state index is 0.0492. The molecule has 0 unspecified atom stereocenters. The van der Waals surface area contributed by atoms with E-state index in [-0.39, 0.29) is 5.97 Å². The Morgan fingerprint density at radius 2 is 1.76 bits per heavy atom. The van der Waals surface area contributed by atoms with E-state index in [2.05, 4.69) is 19.6 Å². The Hall–Kier alpha value is -0.573. The summed E-state index contributed by atoms with van der Waals surface area (Å²) in [6.07, 6.45) is 6.01. The maximum atomic E-state index is 12.1. The van der Waals surface area contributed by atoms with Crippen LogP contribution in [0, 0.1) is 0 Å². The lowest BCUT2D eigenvalue weighted by atomic mass is 9.91. The number of esters is 1. The van der Waals surface area contributed by atoms with Gasteiger partial charge in [0, 0.05) is 13.6 Å². The Morgan fingerprint density at radius 3 is 2.24 bits per heavy atom. The van der Waals surface area contributed by atoms with Gasteiger partial charge < -0.3 is 4.74 Å². The van der Waals surface area contributed by atoms with Crippen molar-refractivity contribution < 1.29 is 9.53 Å². The van der Waals surface area contributed by atoms with E-state index in [9.17, 15) is 4.79 Å². The van der Waals surface area contributed by atoms with Crippen LogP contribution >= 0.6 is 0 Å². The van der Waals surface area contributed by atoms with Crippen LogP contribution in [0.1, 0.15) is 39.0 Å². The van der Waals surface area contributed by atoms with E-state index in [1.54, 1.807) is 0 Å². The number of rotatable bonds is 4. The molecule has 0 aliphatic heterocycles. The second-order valence-corrected chi connectivity index (χ2v) is 11.6. The Balaban J connectivity index is 2.88. The second kappa shape index (κ2) is 6.38. The second-order valence-electron chi connectivity index (χ2n) is 6.10. The van der Waals surface area contributed by atoms with Gasteiger partial charge in [-0.3, -0.25) is 0 Å². The maximum Gasteiger partial charge on any atom is 0.333 e. The smallest absolute Gasteiger partial charge is 0.333 e. The summed E-state index contributed by atoms with van der Waals surface area (Å²) in [7, 11) is -1.25. The van der Waals surface area contributed by atoms with Gasteiger partial charge in [-0.15, -0.1) is 0 Å². The van der Waals surface area contributed by atoms with Gasteiger partial charge in [0.25, 0.3) is 0 Å². The van der Waals surface area contributed by atoms with E-state index in [1.165, 1.54) is 24.8 Å². The normalized spacial score (nSPS) is 16.8. The predicted octanol–water partition coefficient (Wildman–Crippen LogP) is 4.15. The summed E-state index contributed by atoms with van der Waals surface area (Å²) in [6.45, 7) is 9.32. The van der Waals surface area contributed by atoms with Crippen molar-refractivity contribution in [1.29, 1.82) is 0 Å². The van der Waals surface area contributed by atoms with Crippen LogP contribution in [0.5, 0.6) is 0 Å². The molecule has 0 aromatic rings. The van der Waals surface area contributed by atoms with Crippen molar-refractivity contribution in [2.24, 2.45) is 0 Å². The molecule has 0 spiro atoms. The van der Waals surface area contributed by atoms with Gasteiger partial charge in [-0.25, -0.2) is 4.79 Å². The zero-order chi connectivity index (χ0) is 12.9. The van der Waals surface area contributed by atoms with Gasteiger partial charge in [0.05, 0.1) is 6.61 Å². The fourth-order valence-corrected chi connectivity index (χ4v) is 3.83. The lowest BCUT2D eigenvalue weighted by Crippen LogP contribution is -2.25. The molecule has 0 aromatic carbocycles. The van der Waals surface area contributed by atoms with Crippen LogP contribution in [0.3, 0.4) is 0 Å². The maximum absolute atomic E-state index is 12.1. The molecule has 1 aliphatic carbocycles. The van der Waals surface area contributed by atoms with Crippen molar-refractivity contribution in [3.8, 4) is 0 Å². The van der Waals surface area contributed by atoms with Crippen LogP contribution in [0.15, 0.2) is 11.1 Å². The summed E-state index contributed by atoms with van der Waals surface area (Å²) in [6, 6.07) is 0.973. The highest BCUT2D eigenvalue weighted by Gasteiger charge is 2.24. The Morgan fingerprint density at radius 1 is 1.18 bits per heavy atom. The van der Waals surface area contributed by atoms with E-state index < -0.39 is 8.07 Å². The number of hydrogen-bond donors (Lipinski definition) is 0. The third kappa shape index (κ3) is 5.07. The summed E-state index contributed by atoms with van der Waals surface area (Å²) in [5, 5.41) is 0. The van der Waals surface area contributed by atoms with Crippen molar-refractivity contribution in [3.05, 3.63) is 11.1 Å². The largest absolute Gasteiger partial charge is 0.463 e. The molecule has 17 heavy (non-hydrogen) atoms. The molecular formula is C14H26O2Si. The van der Waals surface area contributed by atoms with Crippen LogP contribution in [-0.4, -0.2) is 20.7 Å². The minimum atomic E-state index is -1.25. The quantitative estimate of drug-likeness (QED) is 0.428. The average Bonchev–Trinajstić information content (AvgIpc) is 2.26. The average molecular weight is 254 g/mol. The lowest BCUT2D eigenvalue weighted by Gasteiger charge is -2.23. The van der Waals surface area contributed by atoms with Gasteiger partial charge >= 0.3 is 5.97 Å². The lowest BCUT2D eigenvalue weighted by molar-refractivity contribution is -0.138. The predicted molar refractivity (Wildman–Crippen MR) is 74.9 cm³/mol. The minimum Gasteiger partial charge on any atom is -0.463 e. The molecule has 0 amide bonds. The molecule has 1 rings (SSSR count). The van der Waals surface area contributed by atoms with Crippen molar-refractivity contribution in [2.75, 3.05) is 6.61 Å². The van der Waals surface area contributed by atoms with E-state index in [1.807, 2.05) is 6.92 Å². The standard InChI is InChI=1S/C14H26O2Si/c1-5-16-14(15)13(11-17(2,3)4)12-9-7-6-8-10-12/h5-11H2,1-4H3. The van der Waals surface area contributed by atoms with Gasteiger partial charge in [0.1, 0.15) is 0 Å². The van der Waals surface area contributed by atoms with Crippen molar-refractivity contribution >= 4 is 14.0 Å². The molecule has 2 nitrogen and oxygen atoms in total. The number of carbonyl (C=O) groups is 1. The zero-order valence-electron chi connectivity index (χ0n) is 11.8. The number of ether oxygens (including phenoxy) is 1. The number of hydrogen-bond acceptors (Lipinski definition) is 2. The van der Waals surface area contributed by atoms with E-state index >= 15 is 0 Å². The molecular weight excluding hydrogens is 228 g/mol. The monoisotopic (exact) mass is 254 g/mol. The van der Waals surface area contributed by atoms with Crippen LogP contribution in [0.2, 0.25) is 25.7 Å².